The van der Waals surface area contributed by atoms with Gasteiger partial charge in [-0.15, -0.1) is 16.4 Å². The molecule has 2 aromatic carbocycles. The van der Waals surface area contributed by atoms with Crippen molar-refractivity contribution < 1.29 is 9.53 Å². The van der Waals surface area contributed by atoms with E-state index in [0.29, 0.717) is 12.1 Å². The lowest BCUT2D eigenvalue weighted by molar-refractivity contribution is 0.0938. The van der Waals surface area contributed by atoms with Crippen molar-refractivity contribution in [1.29, 1.82) is 0 Å². The number of carbonyl (C=O) groups excluding carboxylic acids is 1. The third-order valence-corrected chi connectivity index (χ3v) is 7.81. The van der Waals surface area contributed by atoms with Crippen molar-refractivity contribution in [1.82, 2.24) is 25.6 Å². The zero-order valence-corrected chi connectivity index (χ0v) is 22.3. The Bertz CT molecular complexity index is 1370. The van der Waals surface area contributed by atoms with Crippen LogP contribution in [0.25, 0.3) is 10.4 Å². The Morgan fingerprint density at radius 1 is 1.16 bits per heavy atom. The standard InChI is InChI=1S/C29H33N5O2S/c1-19-7-8-25(36-24-11-13-30-14-12-24)16-27(19)29(35)31-21(3)22-5-4-6-23(15-22)28-10-9-26(37-28)18-34-17-20(2)32-33-34/h4-10,15-17,21,24,30H,11-14,18H2,1-3H3,(H,31,35)/t21-/m1/s1. The maximum Gasteiger partial charge on any atom is 0.252 e. The minimum Gasteiger partial charge on any atom is -0.490 e. The first-order valence-electron chi connectivity index (χ1n) is 12.8. The van der Waals surface area contributed by atoms with E-state index in [1.807, 2.05) is 55.9 Å². The molecular weight excluding hydrogens is 482 g/mol. The predicted molar refractivity (Wildman–Crippen MR) is 147 cm³/mol. The fourth-order valence-electron chi connectivity index (χ4n) is 4.59. The van der Waals surface area contributed by atoms with Gasteiger partial charge in [-0.05, 0) is 93.7 Å². The summed E-state index contributed by atoms with van der Waals surface area (Å²) in [7, 11) is 0. The van der Waals surface area contributed by atoms with E-state index in [9.17, 15) is 4.79 Å². The van der Waals surface area contributed by atoms with Crippen molar-refractivity contribution in [3.63, 3.8) is 0 Å². The summed E-state index contributed by atoms with van der Waals surface area (Å²) in [6.45, 7) is 8.56. The first-order valence-corrected chi connectivity index (χ1v) is 13.6. The van der Waals surface area contributed by atoms with Gasteiger partial charge in [0, 0.05) is 21.5 Å². The highest BCUT2D eigenvalue weighted by Gasteiger charge is 2.18. The van der Waals surface area contributed by atoms with Gasteiger partial charge < -0.3 is 15.4 Å². The van der Waals surface area contributed by atoms with Gasteiger partial charge in [-0.25, -0.2) is 4.68 Å². The lowest BCUT2D eigenvalue weighted by Crippen LogP contribution is -2.34. The van der Waals surface area contributed by atoms with Gasteiger partial charge in [0.2, 0.25) is 0 Å². The molecule has 0 radical (unpaired) electrons. The first-order chi connectivity index (χ1) is 17.9. The number of aromatic nitrogens is 3. The number of rotatable bonds is 8. The predicted octanol–water partition coefficient (Wildman–Crippen LogP) is 5.29. The van der Waals surface area contributed by atoms with Gasteiger partial charge in [0.25, 0.3) is 5.91 Å². The lowest BCUT2D eigenvalue weighted by Gasteiger charge is -2.24. The molecule has 1 aliphatic heterocycles. The molecule has 1 saturated heterocycles. The third kappa shape index (κ3) is 6.26. The molecule has 0 saturated carbocycles. The van der Waals surface area contributed by atoms with Crippen LogP contribution in [0.15, 0.2) is 60.8 Å². The van der Waals surface area contributed by atoms with Gasteiger partial charge in [-0.3, -0.25) is 4.79 Å². The maximum absolute atomic E-state index is 13.2. The number of nitrogens with one attached hydrogen (secondary N) is 2. The van der Waals surface area contributed by atoms with E-state index in [4.69, 9.17) is 4.74 Å². The Kier molecular flexibility index (Phi) is 7.67. The molecule has 1 atom stereocenters. The number of hydrogen-bond donors (Lipinski definition) is 2. The second kappa shape index (κ2) is 11.3. The van der Waals surface area contributed by atoms with Crippen LogP contribution in [-0.2, 0) is 6.54 Å². The van der Waals surface area contributed by atoms with Gasteiger partial charge in [-0.1, -0.05) is 29.5 Å². The molecule has 4 aromatic rings. The fourth-order valence-corrected chi connectivity index (χ4v) is 5.59. The molecule has 0 unspecified atom stereocenters. The van der Waals surface area contributed by atoms with E-state index in [2.05, 4.69) is 51.3 Å². The van der Waals surface area contributed by atoms with E-state index in [-0.39, 0.29) is 18.1 Å². The number of carbonyl (C=O) groups is 1. The average Bonchev–Trinajstić information content (AvgIpc) is 3.54. The summed E-state index contributed by atoms with van der Waals surface area (Å²) in [5.74, 6) is 0.666. The van der Waals surface area contributed by atoms with Crippen LogP contribution in [0.4, 0.5) is 0 Å². The molecular formula is C29H33N5O2S. The van der Waals surface area contributed by atoms with Crippen molar-refractivity contribution in [2.45, 2.75) is 52.3 Å². The fraction of sp³-hybridized carbons (Fsp3) is 0.345. The number of thiophene rings is 1. The SMILES string of the molecule is Cc1cn(Cc2ccc(-c3cccc([C@@H](C)NC(=O)c4cc(OC5CCNCC5)ccc4C)c3)s2)nn1. The van der Waals surface area contributed by atoms with Gasteiger partial charge in [0.05, 0.1) is 18.3 Å². The van der Waals surface area contributed by atoms with Crippen molar-refractivity contribution >= 4 is 17.2 Å². The number of ether oxygens (including phenoxy) is 1. The topological polar surface area (TPSA) is 81.1 Å². The van der Waals surface area contributed by atoms with Gasteiger partial charge >= 0.3 is 0 Å². The van der Waals surface area contributed by atoms with E-state index in [0.717, 1.165) is 54.1 Å². The smallest absolute Gasteiger partial charge is 0.252 e. The highest BCUT2D eigenvalue weighted by molar-refractivity contribution is 7.15. The summed E-state index contributed by atoms with van der Waals surface area (Å²) >= 11 is 1.75. The van der Waals surface area contributed by atoms with Crippen LogP contribution >= 0.6 is 11.3 Å². The number of hydrogen-bond acceptors (Lipinski definition) is 6. The summed E-state index contributed by atoms with van der Waals surface area (Å²) in [6.07, 6.45) is 4.10. The molecule has 0 bridgehead atoms. The maximum atomic E-state index is 13.2. The second-order valence-corrected chi connectivity index (χ2v) is 10.9. The summed E-state index contributed by atoms with van der Waals surface area (Å²) in [5.41, 5.74) is 4.70. The molecule has 2 N–H and O–H groups in total. The number of piperidine rings is 1. The number of nitrogens with zero attached hydrogens (tertiary/aromatic N) is 3. The average molecular weight is 516 g/mol. The molecule has 1 fully saturated rings. The molecule has 7 nitrogen and oxygen atoms in total. The van der Waals surface area contributed by atoms with Gasteiger partial charge in [0.1, 0.15) is 11.9 Å². The van der Waals surface area contributed by atoms with Crippen LogP contribution in [0.2, 0.25) is 0 Å². The molecule has 0 aliphatic carbocycles. The summed E-state index contributed by atoms with van der Waals surface area (Å²) < 4.78 is 8.02. The van der Waals surface area contributed by atoms with Gasteiger partial charge in [0.15, 0.2) is 0 Å². The minimum absolute atomic E-state index is 0.0901. The molecule has 1 amide bonds. The quantitative estimate of drug-likeness (QED) is 0.333. The van der Waals surface area contributed by atoms with Crippen molar-refractivity contribution in [2.75, 3.05) is 13.1 Å². The van der Waals surface area contributed by atoms with Crippen LogP contribution < -0.4 is 15.4 Å². The number of aryl methyl sites for hydroxylation is 2. The van der Waals surface area contributed by atoms with E-state index in [1.54, 1.807) is 11.3 Å². The second-order valence-electron chi connectivity index (χ2n) is 9.69. The Balaban J connectivity index is 1.26. The van der Waals surface area contributed by atoms with Crippen LogP contribution in [0, 0.1) is 13.8 Å². The summed E-state index contributed by atoms with van der Waals surface area (Å²) in [4.78, 5) is 15.6. The zero-order chi connectivity index (χ0) is 25.8. The van der Waals surface area contributed by atoms with E-state index in [1.165, 1.54) is 9.75 Å². The zero-order valence-electron chi connectivity index (χ0n) is 21.5. The Labute approximate surface area is 221 Å². The van der Waals surface area contributed by atoms with Gasteiger partial charge in [-0.2, -0.15) is 0 Å². The Morgan fingerprint density at radius 3 is 2.78 bits per heavy atom. The molecule has 2 aromatic heterocycles. The lowest BCUT2D eigenvalue weighted by atomic mass is 10.0. The number of amides is 1. The monoisotopic (exact) mass is 515 g/mol. The van der Waals surface area contributed by atoms with Crippen LogP contribution in [0.5, 0.6) is 5.75 Å². The molecule has 192 valence electrons. The highest BCUT2D eigenvalue weighted by atomic mass is 32.1. The Hall–Kier alpha value is -3.49. The molecule has 37 heavy (non-hydrogen) atoms. The van der Waals surface area contributed by atoms with Crippen molar-refractivity contribution in [3.8, 4) is 16.2 Å². The van der Waals surface area contributed by atoms with Crippen molar-refractivity contribution in [3.05, 3.63) is 88.1 Å². The summed E-state index contributed by atoms with van der Waals surface area (Å²) in [6, 6.07) is 18.3. The van der Waals surface area contributed by atoms with Crippen LogP contribution in [-0.4, -0.2) is 40.1 Å². The highest BCUT2D eigenvalue weighted by Crippen LogP contribution is 2.30. The normalized spacial score (nSPS) is 14.9. The van der Waals surface area contributed by atoms with Crippen molar-refractivity contribution in [2.24, 2.45) is 0 Å². The van der Waals surface area contributed by atoms with Crippen LogP contribution in [0.3, 0.4) is 0 Å². The third-order valence-electron chi connectivity index (χ3n) is 6.69. The van der Waals surface area contributed by atoms with E-state index < -0.39 is 0 Å². The molecule has 1 aliphatic rings. The first kappa shape index (κ1) is 25.2. The van der Waals surface area contributed by atoms with E-state index >= 15 is 0 Å². The molecule has 3 heterocycles. The molecule has 8 heteroatoms. The van der Waals surface area contributed by atoms with Crippen LogP contribution in [0.1, 0.15) is 57.9 Å². The summed E-state index contributed by atoms with van der Waals surface area (Å²) in [5, 5.41) is 14.7. The molecule has 0 spiro atoms. The largest absolute Gasteiger partial charge is 0.490 e. The number of benzene rings is 2. The minimum atomic E-state index is -0.140. The Morgan fingerprint density at radius 2 is 2.00 bits per heavy atom. The molecule has 5 rings (SSSR count).